The van der Waals surface area contributed by atoms with Crippen LogP contribution in [0, 0.1) is 0 Å². The zero-order chi connectivity index (χ0) is 11.9. The standard InChI is InChI=1S/C10H18O3SSi/c1-5-8-15(9-6-2,10-7-3)13-14(4,11)12/h5-7H,1-3,8-10H2,4H3. The molecule has 0 aromatic carbocycles. The summed E-state index contributed by atoms with van der Waals surface area (Å²) in [5.74, 6) is 0. The molecule has 0 fully saturated rings. The third-order valence-corrected chi connectivity index (χ3v) is 7.60. The highest BCUT2D eigenvalue weighted by Gasteiger charge is 2.35. The Balaban J connectivity index is 4.99. The van der Waals surface area contributed by atoms with E-state index < -0.39 is 18.4 Å². The molecule has 0 aromatic heterocycles. The van der Waals surface area contributed by atoms with Gasteiger partial charge in [0.1, 0.15) is 0 Å². The number of allylic oxidation sites excluding steroid dienone is 3. The van der Waals surface area contributed by atoms with Crippen LogP contribution in [0.4, 0.5) is 0 Å². The van der Waals surface area contributed by atoms with Gasteiger partial charge in [0.05, 0.1) is 6.26 Å². The molecule has 0 spiro atoms. The van der Waals surface area contributed by atoms with E-state index in [-0.39, 0.29) is 0 Å². The highest BCUT2D eigenvalue weighted by atomic mass is 32.2. The Kier molecular flexibility index (Phi) is 5.78. The third-order valence-electron chi connectivity index (χ3n) is 1.88. The molecule has 3 nitrogen and oxygen atoms in total. The lowest BCUT2D eigenvalue weighted by molar-refractivity contribution is 0.486. The van der Waals surface area contributed by atoms with Gasteiger partial charge in [-0.2, -0.15) is 0 Å². The SMILES string of the molecule is C=CC[Si](CC=C)(CC=C)OS(C)(=O)=O. The van der Waals surface area contributed by atoms with Crippen LogP contribution in [0.1, 0.15) is 0 Å². The lowest BCUT2D eigenvalue weighted by atomic mass is 10.7. The molecule has 0 atom stereocenters. The van der Waals surface area contributed by atoms with Crippen molar-refractivity contribution in [3.63, 3.8) is 0 Å². The molecule has 0 aromatic rings. The summed E-state index contributed by atoms with van der Waals surface area (Å²) in [7, 11) is -5.80. The second-order valence-corrected chi connectivity index (χ2v) is 9.11. The van der Waals surface area contributed by atoms with E-state index in [0.717, 1.165) is 6.26 Å². The summed E-state index contributed by atoms with van der Waals surface area (Å²) in [4.78, 5) is 0. The minimum absolute atomic E-state index is 0.581. The highest BCUT2D eigenvalue weighted by molar-refractivity contribution is 7.87. The largest absolute Gasteiger partial charge is 0.314 e. The van der Waals surface area contributed by atoms with E-state index in [0.29, 0.717) is 18.1 Å². The Morgan fingerprint density at radius 1 is 1.07 bits per heavy atom. The fourth-order valence-electron chi connectivity index (χ4n) is 1.46. The topological polar surface area (TPSA) is 43.4 Å². The Morgan fingerprint density at radius 3 is 1.60 bits per heavy atom. The minimum Gasteiger partial charge on any atom is -0.314 e. The predicted molar refractivity (Wildman–Crippen MR) is 66.7 cm³/mol. The minimum atomic E-state index is -3.43. The molecule has 0 unspecified atom stereocenters. The fourth-order valence-corrected chi connectivity index (χ4v) is 6.93. The Bertz CT molecular complexity index is 306. The molecule has 0 saturated heterocycles. The van der Waals surface area contributed by atoms with Crippen LogP contribution in [-0.4, -0.2) is 23.0 Å². The molecule has 0 rings (SSSR count). The van der Waals surface area contributed by atoms with Gasteiger partial charge in [-0.15, -0.1) is 19.7 Å². The molecule has 86 valence electrons. The van der Waals surface area contributed by atoms with Crippen molar-refractivity contribution >= 4 is 18.4 Å². The van der Waals surface area contributed by atoms with Crippen molar-refractivity contribution in [1.82, 2.24) is 0 Å². The van der Waals surface area contributed by atoms with Crippen LogP contribution in [0.2, 0.25) is 18.1 Å². The van der Waals surface area contributed by atoms with Crippen molar-refractivity contribution in [3.05, 3.63) is 38.0 Å². The first-order valence-electron chi connectivity index (χ1n) is 4.62. The summed E-state index contributed by atoms with van der Waals surface area (Å²) < 4.78 is 27.6. The van der Waals surface area contributed by atoms with Crippen LogP contribution in [-0.2, 0) is 14.0 Å². The van der Waals surface area contributed by atoms with Crippen LogP contribution in [0.3, 0.4) is 0 Å². The molecule has 0 N–H and O–H groups in total. The van der Waals surface area contributed by atoms with Crippen LogP contribution in [0.15, 0.2) is 38.0 Å². The molecule has 0 radical (unpaired) electrons. The van der Waals surface area contributed by atoms with Gasteiger partial charge in [0.15, 0.2) is 0 Å². The lowest BCUT2D eigenvalue weighted by Crippen LogP contribution is -2.38. The van der Waals surface area contributed by atoms with Gasteiger partial charge < -0.3 is 3.87 Å². The van der Waals surface area contributed by atoms with Crippen molar-refractivity contribution in [2.24, 2.45) is 0 Å². The Morgan fingerprint density at radius 2 is 1.40 bits per heavy atom. The van der Waals surface area contributed by atoms with Gasteiger partial charge in [0.25, 0.3) is 10.1 Å². The maximum atomic E-state index is 11.2. The highest BCUT2D eigenvalue weighted by Crippen LogP contribution is 2.25. The number of hydrogen-bond donors (Lipinski definition) is 0. The van der Waals surface area contributed by atoms with Crippen LogP contribution in [0.5, 0.6) is 0 Å². The van der Waals surface area contributed by atoms with Crippen LogP contribution < -0.4 is 0 Å². The maximum absolute atomic E-state index is 11.2. The van der Waals surface area contributed by atoms with Crippen LogP contribution in [0.25, 0.3) is 0 Å². The van der Waals surface area contributed by atoms with Gasteiger partial charge in [0.2, 0.25) is 8.32 Å². The van der Waals surface area contributed by atoms with Gasteiger partial charge in [0, 0.05) is 0 Å². The van der Waals surface area contributed by atoms with Gasteiger partial charge in [-0.1, -0.05) is 18.2 Å². The van der Waals surface area contributed by atoms with E-state index in [2.05, 4.69) is 19.7 Å². The van der Waals surface area contributed by atoms with E-state index in [1.165, 1.54) is 0 Å². The first-order chi connectivity index (χ1) is 6.89. The molecular formula is C10H18O3SSi. The molecule has 0 aliphatic heterocycles. The summed E-state index contributed by atoms with van der Waals surface area (Å²) in [5, 5.41) is 0. The third kappa shape index (κ3) is 5.71. The average Bonchev–Trinajstić information content (AvgIpc) is 2.01. The van der Waals surface area contributed by atoms with Gasteiger partial charge in [-0.3, -0.25) is 0 Å². The molecule has 0 bridgehead atoms. The van der Waals surface area contributed by atoms with Crippen LogP contribution >= 0.6 is 0 Å². The molecule has 0 aliphatic rings. The molecule has 5 heteroatoms. The molecule has 0 saturated carbocycles. The molecule has 0 aliphatic carbocycles. The van der Waals surface area contributed by atoms with E-state index in [9.17, 15) is 8.42 Å². The first-order valence-corrected chi connectivity index (χ1v) is 8.97. The Labute approximate surface area is 93.4 Å². The Hall–Kier alpha value is -0.653. The predicted octanol–water partition coefficient (Wildman–Crippen LogP) is 2.47. The smallest absolute Gasteiger partial charge is 0.254 e. The van der Waals surface area contributed by atoms with Crippen molar-refractivity contribution in [2.75, 3.05) is 6.26 Å². The molecule has 0 amide bonds. The monoisotopic (exact) mass is 246 g/mol. The normalized spacial score (nSPS) is 12.1. The van der Waals surface area contributed by atoms with E-state index >= 15 is 0 Å². The van der Waals surface area contributed by atoms with Crippen molar-refractivity contribution in [2.45, 2.75) is 18.1 Å². The van der Waals surface area contributed by atoms with Crippen molar-refractivity contribution in [1.29, 1.82) is 0 Å². The molecule has 15 heavy (non-hydrogen) atoms. The van der Waals surface area contributed by atoms with Gasteiger partial charge in [-0.05, 0) is 18.1 Å². The summed E-state index contributed by atoms with van der Waals surface area (Å²) in [6.45, 7) is 10.9. The maximum Gasteiger partial charge on any atom is 0.254 e. The fraction of sp³-hybridized carbons (Fsp3) is 0.400. The molecular weight excluding hydrogens is 228 g/mol. The number of rotatable bonds is 8. The second kappa shape index (κ2) is 6.04. The zero-order valence-electron chi connectivity index (χ0n) is 9.11. The second-order valence-electron chi connectivity index (χ2n) is 3.45. The average molecular weight is 246 g/mol. The zero-order valence-corrected chi connectivity index (χ0v) is 10.9. The quantitative estimate of drug-likeness (QED) is 0.488. The summed E-state index contributed by atoms with van der Waals surface area (Å²) in [6.07, 6.45) is 6.17. The van der Waals surface area contributed by atoms with Crippen molar-refractivity contribution < 1.29 is 12.3 Å². The summed E-state index contributed by atoms with van der Waals surface area (Å²) in [5.41, 5.74) is 0. The first kappa shape index (κ1) is 14.3. The lowest BCUT2D eigenvalue weighted by Gasteiger charge is -2.26. The van der Waals surface area contributed by atoms with E-state index in [1.54, 1.807) is 18.2 Å². The van der Waals surface area contributed by atoms with Crippen molar-refractivity contribution in [3.8, 4) is 0 Å². The summed E-state index contributed by atoms with van der Waals surface area (Å²) in [6, 6.07) is 1.74. The van der Waals surface area contributed by atoms with Gasteiger partial charge >= 0.3 is 0 Å². The van der Waals surface area contributed by atoms with E-state index in [1.807, 2.05) is 0 Å². The number of hydrogen-bond acceptors (Lipinski definition) is 3. The van der Waals surface area contributed by atoms with E-state index in [4.69, 9.17) is 3.87 Å². The van der Waals surface area contributed by atoms with Gasteiger partial charge in [-0.25, -0.2) is 8.42 Å². The molecule has 0 heterocycles. The summed E-state index contributed by atoms with van der Waals surface area (Å²) >= 11 is 0.